The fraction of sp³-hybridized carbons (Fsp3) is 0.400. The lowest BCUT2D eigenvalue weighted by Gasteiger charge is -2.08. The molecule has 0 bridgehead atoms. The molecular weight excluding hydrogens is 266 g/mol. The topological polar surface area (TPSA) is 75.6 Å². The molecular formula is C10H14ClNO4S. The van der Waals surface area contributed by atoms with Crippen molar-refractivity contribution in [3.63, 3.8) is 0 Å². The van der Waals surface area contributed by atoms with Crippen LogP contribution in [0.5, 0.6) is 0 Å². The Morgan fingerprint density at radius 1 is 1.47 bits per heavy atom. The molecule has 0 radical (unpaired) electrons. The van der Waals surface area contributed by atoms with Gasteiger partial charge in [-0.25, -0.2) is 13.1 Å². The Kier molecular flexibility index (Phi) is 5.35. The smallest absolute Gasteiger partial charge is 0.242 e. The molecule has 17 heavy (non-hydrogen) atoms. The van der Waals surface area contributed by atoms with Gasteiger partial charge in [-0.1, -0.05) is 17.7 Å². The molecule has 0 aliphatic rings. The van der Waals surface area contributed by atoms with Crippen LogP contribution in [0.15, 0.2) is 23.1 Å². The molecule has 0 aliphatic heterocycles. The summed E-state index contributed by atoms with van der Waals surface area (Å²) in [5, 5.41) is 8.71. The van der Waals surface area contributed by atoms with Crippen molar-refractivity contribution in [2.75, 3.05) is 20.3 Å². The number of benzene rings is 1. The maximum absolute atomic E-state index is 11.7. The molecule has 7 heteroatoms. The molecule has 0 aromatic heterocycles. The minimum atomic E-state index is -3.67. The van der Waals surface area contributed by atoms with E-state index in [1.165, 1.54) is 6.07 Å². The summed E-state index contributed by atoms with van der Waals surface area (Å²) in [6.45, 7) is 0.0568. The summed E-state index contributed by atoms with van der Waals surface area (Å²) in [4.78, 5) is -0.00697. The first kappa shape index (κ1) is 14.4. The Hall–Kier alpha value is -0.660. The predicted molar refractivity (Wildman–Crippen MR) is 64.4 cm³/mol. The number of methoxy groups -OCH3 is 1. The third-order valence-electron chi connectivity index (χ3n) is 2.00. The number of aliphatic hydroxyl groups is 1. The third kappa shape index (κ3) is 3.93. The van der Waals surface area contributed by atoms with E-state index >= 15 is 0 Å². The molecule has 0 atom stereocenters. The van der Waals surface area contributed by atoms with Crippen molar-refractivity contribution in [2.24, 2.45) is 0 Å². The van der Waals surface area contributed by atoms with Crippen LogP contribution in [0.1, 0.15) is 5.56 Å². The highest BCUT2D eigenvalue weighted by atomic mass is 35.5. The summed E-state index contributed by atoms with van der Waals surface area (Å²) in [6.07, 6.45) is 0. The van der Waals surface area contributed by atoms with Crippen molar-refractivity contribution in [2.45, 2.75) is 11.5 Å². The largest absolute Gasteiger partial charge is 0.395 e. The third-order valence-corrected chi connectivity index (χ3v) is 3.94. The van der Waals surface area contributed by atoms with Crippen molar-refractivity contribution >= 4 is 21.6 Å². The van der Waals surface area contributed by atoms with Crippen molar-refractivity contribution in [3.8, 4) is 0 Å². The lowest BCUT2D eigenvalue weighted by Crippen LogP contribution is -2.26. The van der Waals surface area contributed by atoms with Crippen LogP contribution in [0, 0.1) is 0 Å². The molecule has 2 N–H and O–H groups in total. The molecule has 0 fully saturated rings. The number of rotatable bonds is 6. The Labute approximate surface area is 105 Å². The van der Waals surface area contributed by atoms with Crippen molar-refractivity contribution < 1.29 is 18.3 Å². The minimum Gasteiger partial charge on any atom is -0.395 e. The van der Waals surface area contributed by atoms with Crippen molar-refractivity contribution in [1.82, 2.24) is 4.72 Å². The number of ether oxygens (including phenoxy) is 1. The van der Waals surface area contributed by atoms with Crippen LogP contribution in [-0.2, 0) is 21.4 Å². The van der Waals surface area contributed by atoms with Crippen LogP contribution < -0.4 is 4.72 Å². The van der Waals surface area contributed by atoms with Gasteiger partial charge in [0.1, 0.15) is 4.90 Å². The summed E-state index contributed by atoms with van der Waals surface area (Å²) in [6, 6.07) is 4.58. The number of hydrogen-bond donors (Lipinski definition) is 2. The quantitative estimate of drug-likeness (QED) is 0.806. The Morgan fingerprint density at radius 3 is 2.71 bits per heavy atom. The highest BCUT2D eigenvalue weighted by Gasteiger charge is 2.17. The molecule has 0 saturated carbocycles. The van der Waals surface area contributed by atoms with E-state index in [9.17, 15) is 8.42 Å². The SMILES string of the molecule is COCc1ccc(S(=O)(=O)NCCO)c(Cl)c1. The number of sulfonamides is 1. The molecule has 0 spiro atoms. The fourth-order valence-corrected chi connectivity index (χ4v) is 2.86. The maximum Gasteiger partial charge on any atom is 0.242 e. The minimum absolute atomic E-state index is 0.00697. The van der Waals surface area contributed by atoms with Gasteiger partial charge in [-0.2, -0.15) is 0 Å². The number of nitrogens with one attached hydrogen (secondary N) is 1. The van der Waals surface area contributed by atoms with Gasteiger partial charge in [-0.15, -0.1) is 0 Å². The van der Waals surface area contributed by atoms with Crippen LogP contribution in [0.4, 0.5) is 0 Å². The first-order valence-corrected chi connectivity index (χ1v) is 6.75. The fourth-order valence-electron chi connectivity index (χ4n) is 1.28. The highest BCUT2D eigenvalue weighted by molar-refractivity contribution is 7.89. The van der Waals surface area contributed by atoms with Gasteiger partial charge in [-0.3, -0.25) is 0 Å². The van der Waals surface area contributed by atoms with Gasteiger partial charge in [0.2, 0.25) is 10.0 Å². The number of hydrogen-bond acceptors (Lipinski definition) is 4. The summed E-state index contributed by atoms with van der Waals surface area (Å²) in [5.41, 5.74) is 0.790. The molecule has 0 unspecified atom stereocenters. The standard InChI is InChI=1S/C10H14ClNO4S/c1-16-7-8-2-3-10(9(11)6-8)17(14,15)12-4-5-13/h2-3,6,12-13H,4-5,7H2,1H3. The van der Waals surface area contributed by atoms with Gasteiger partial charge in [0.05, 0.1) is 18.2 Å². The van der Waals surface area contributed by atoms with Crippen molar-refractivity contribution in [3.05, 3.63) is 28.8 Å². The second-order valence-corrected chi connectivity index (χ2v) is 5.46. The van der Waals surface area contributed by atoms with Gasteiger partial charge in [0.15, 0.2) is 0 Å². The van der Waals surface area contributed by atoms with Crippen LogP contribution >= 0.6 is 11.6 Å². The normalized spacial score (nSPS) is 11.7. The van der Waals surface area contributed by atoms with Crippen LogP contribution in [0.2, 0.25) is 5.02 Å². The second-order valence-electron chi connectivity index (χ2n) is 3.32. The van der Waals surface area contributed by atoms with Crippen LogP contribution in [-0.4, -0.2) is 33.8 Å². The number of aliphatic hydroxyl groups excluding tert-OH is 1. The zero-order valence-electron chi connectivity index (χ0n) is 9.31. The van der Waals surface area contributed by atoms with Crippen molar-refractivity contribution in [1.29, 1.82) is 0 Å². The van der Waals surface area contributed by atoms with E-state index in [0.29, 0.717) is 6.61 Å². The first-order chi connectivity index (χ1) is 8.01. The second kappa shape index (κ2) is 6.32. The van der Waals surface area contributed by atoms with Gasteiger partial charge in [-0.05, 0) is 17.7 Å². The molecule has 1 aromatic carbocycles. The Balaban J connectivity index is 2.99. The van der Waals surface area contributed by atoms with Gasteiger partial charge >= 0.3 is 0 Å². The van der Waals surface area contributed by atoms with E-state index in [0.717, 1.165) is 5.56 Å². The summed E-state index contributed by atoms with van der Waals surface area (Å²) < 4.78 is 30.6. The number of halogens is 1. The average molecular weight is 280 g/mol. The van der Waals surface area contributed by atoms with E-state index in [2.05, 4.69) is 4.72 Å². The van der Waals surface area contributed by atoms with Gasteiger partial charge < -0.3 is 9.84 Å². The first-order valence-electron chi connectivity index (χ1n) is 4.89. The van der Waals surface area contributed by atoms with E-state index < -0.39 is 10.0 Å². The molecule has 0 saturated heterocycles. The molecule has 0 heterocycles. The molecule has 96 valence electrons. The van der Waals surface area contributed by atoms with Crippen LogP contribution in [0.25, 0.3) is 0 Å². The van der Waals surface area contributed by atoms with Gasteiger partial charge in [0.25, 0.3) is 0 Å². The molecule has 5 nitrogen and oxygen atoms in total. The summed E-state index contributed by atoms with van der Waals surface area (Å²) in [7, 11) is -2.12. The molecule has 0 aliphatic carbocycles. The molecule has 0 amide bonds. The average Bonchev–Trinajstić information content (AvgIpc) is 2.26. The maximum atomic E-state index is 11.7. The van der Waals surface area contributed by atoms with Crippen LogP contribution in [0.3, 0.4) is 0 Å². The van der Waals surface area contributed by atoms with Gasteiger partial charge in [0, 0.05) is 13.7 Å². The molecule has 1 aromatic rings. The monoisotopic (exact) mass is 279 g/mol. The van der Waals surface area contributed by atoms with E-state index in [1.54, 1.807) is 19.2 Å². The lowest BCUT2D eigenvalue weighted by atomic mass is 10.2. The zero-order chi connectivity index (χ0) is 12.9. The molecule has 1 rings (SSSR count). The van der Waals surface area contributed by atoms with E-state index in [1.807, 2.05) is 0 Å². The summed E-state index contributed by atoms with van der Waals surface area (Å²) in [5.74, 6) is 0. The Bertz CT molecular complexity index is 475. The summed E-state index contributed by atoms with van der Waals surface area (Å²) >= 11 is 5.89. The predicted octanol–water partition coefficient (Wildman–Crippen LogP) is 0.757. The highest BCUT2D eigenvalue weighted by Crippen LogP contribution is 2.22. The van der Waals surface area contributed by atoms with E-state index in [-0.39, 0.29) is 23.1 Å². The zero-order valence-corrected chi connectivity index (χ0v) is 10.9. The lowest BCUT2D eigenvalue weighted by molar-refractivity contribution is 0.185. The Morgan fingerprint density at radius 2 is 2.18 bits per heavy atom. The van der Waals surface area contributed by atoms with E-state index in [4.69, 9.17) is 21.4 Å².